The van der Waals surface area contributed by atoms with Crippen molar-refractivity contribution < 1.29 is 28.5 Å². The van der Waals surface area contributed by atoms with Crippen LogP contribution in [0.4, 0.5) is 0 Å². The maximum atomic E-state index is 11.2. The Morgan fingerprint density at radius 3 is 1.79 bits per heavy atom. The van der Waals surface area contributed by atoms with Crippen molar-refractivity contribution in [2.45, 2.75) is 6.92 Å². The molecule has 2 heterocycles. The summed E-state index contributed by atoms with van der Waals surface area (Å²) >= 11 is 0. The molecular weight excluding hydrogens is 358 g/mol. The van der Waals surface area contributed by atoms with Gasteiger partial charge in [-0.1, -0.05) is 0 Å². The number of aromatic hydroxyl groups is 1. The first kappa shape index (κ1) is 18.0. The van der Waals surface area contributed by atoms with Gasteiger partial charge in [0.25, 0.3) is 5.52 Å². The van der Waals surface area contributed by atoms with Gasteiger partial charge in [0.1, 0.15) is 0 Å². The number of ether oxygens (including phenoxy) is 4. The van der Waals surface area contributed by atoms with Gasteiger partial charge in [-0.25, -0.2) is 0 Å². The van der Waals surface area contributed by atoms with Gasteiger partial charge in [0.05, 0.1) is 39.2 Å². The van der Waals surface area contributed by atoms with Crippen LogP contribution in [0.5, 0.6) is 28.7 Å². The van der Waals surface area contributed by atoms with Gasteiger partial charge in [-0.15, -0.1) is 0 Å². The van der Waals surface area contributed by atoms with Crippen LogP contribution in [0.15, 0.2) is 36.5 Å². The van der Waals surface area contributed by atoms with Crippen molar-refractivity contribution in [1.29, 1.82) is 0 Å². The van der Waals surface area contributed by atoms with Gasteiger partial charge in [0.2, 0.25) is 0 Å². The highest BCUT2D eigenvalue weighted by Crippen LogP contribution is 2.41. The van der Waals surface area contributed by atoms with Crippen LogP contribution in [0, 0.1) is 6.92 Å². The van der Waals surface area contributed by atoms with Gasteiger partial charge < -0.3 is 24.1 Å². The van der Waals surface area contributed by atoms with E-state index in [2.05, 4.69) is 0 Å². The third-order valence-electron chi connectivity index (χ3n) is 5.21. The van der Waals surface area contributed by atoms with Gasteiger partial charge in [-0.3, -0.25) is 0 Å². The van der Waals surface area contributed by atoms with Crippen molar-refractivity contribution >= 4 is 27.1 Å². The summed E-state index contributed by atoms with van der Waals surface area (Å²) in [7, 11) is 6.38. The molecule has 2 aromatic heterocycles. The minimum atomic E-state index is 0.166. The van der Waals surface area contributed by atoms with E-state index in [1.165, 1.54) is 0 Å². The quantitative estimate of drug-likeness (QED) is 0.332. The lowest BCUT2D eigenvalue weighted by atomic mass is 10.0. The van der Waals surface area contributed by atoms with Crippen LogP contribution in [0.1, 0.15) is 5.69 Å². The summed E-state index contributed by atoms with van der Waals surface area (Å²) in [4.78, 5) is 0. The van der Waals surface area contributed by atoms with Gasteiger partial charge in [-0.05, 0) is 29.7 Å². The lowest BCUT2D eigenvalue weighted by Crippen LogP contribution is -2.26. The number of fused-ring (bicyclic) bond motifs is 4. The van der Waals surface area contributed by atoms with E-state index in [0.717, 1.165) is 21.9 Å². The standard InChI is InChI=1S/C22H21NO5/c1-12-14-9-18(26-3)20(28-5)11-16(14)22(24)21-15-10-19(27-4)17(25-2)8-13(15)6-7-23(12)21/h6-11H,1-5H3/p+1. The number of pyridine rings is 2. The molecule has 0 saturated carbocycles. The van der Waals surface area contributed by atoms with E-state index >= 15 is 0 Å². The third kappa shape index (κ3) is 2.45. The molecule has 144 valence electrons. The summed E-state index contributed by atoms with van der Waals surface area (Å²) < 4.78 is 23.7. The van der Waals surface area contributed by atoms with Crippen LogP contribution < -0.4 is 23.3 Å². The molecule has 0 spiro atoms. The second-order valence-corrected chi connectivity index (χ2v) is 6.52. The Labute approximate surface area is 162 Å². The number of benzene rings is 2. The number of aromatic nitrogens is 1. The number of rotatable bonds is 4. The molecule has 0 atom stereocenters. The molecule has 0 saturated heterocycles. The monoisotopic (exact) mass is 380 g/mol. The maximum absolute atomic E-state index is 11.2. The molecule has 2 aromatic carbocycles. The van der Waals surface area contributed by atoms with Gasteiger partial charge in [0, 0.05) is 18.4 Å². The van der Waals surface area contributed by atoms with Crippen LogP contribution in [-0.2, 0) is 0 Å². The molecule has 0 amide bonds. The van der Waals surface area contributed by atoms with E-state index in [9.17, 15) is 5.11 Å². The minimum Gasteiger partial charge on any atom is -0.502 e. The van der Waals surface area contributed by atoms with E-state index in [4.69, 9.17) is 18.9 Å². The lowest BCUT2D eigenvalue weighted by Gasteiger charge is -2.13. The summed E-state index contributed by atoms with van der Waals surface area (Å²) in [5, 5.41) is 14.6. The summed E-state index contributed by atoms with van der Waals surface area (Å²) in [6, 6.07) is 9.46. The van der Waals surface area contributed by atoms with Crippen molar-refractivity contribution in [3.05, 3.63) is 42.2 Å². The van der Waals surface area contributed by atoms with Crippen LogP contribution in [0.25, 0.3) is 27.1 Å². The first-order valence-corrected chi connectivity index (χ1v) is 8.81. The fraction of sp³-hybridized carbons (Fsp3) is 0.227. The summed E-state index contributed by atoms with van der Waals surface area (Å²) in [6.45, 7) is 2.01. The van der Waals surface area contributed by atoms with Crippen molar-refractivity contribution in [3.63, 3.8) is 0 Å². The predicted octanol–water partition coefficient (Wildman–Crippen LogP) is 3.78. The molecule has 4 rings (SSSR count). The molecular formula is C22H22NO5+. The first-order chi connectivity index (χ1) is 13.5. The molecule has 0 aliphatic carbocycles. The molecule has 6 heteroatoms. The van der Waals surface area contributed by atoms with Gasteiger partial charge >= 0.3 is 0 Å². The number of hydrogen-bond donors (Lipinski definition) is 1. The Kier molecular flexibility index (Phi) is 4.26. The lowest BCUT2D eigenvalue weighted by molar-refractivity contribution is -0.517. The van der Waals surface area contributed by atoms with Crippen molar-refractivity contribution in [3.8, 4) is 28.7 Å². The highest BCUT2D eigenvalue weighted by Gasteiger charge is 2.24. The zero-order valence-corrected chi connectivity index (χ0v) is 16.5. The minimum absolute atomic E-state index is 0.166. The van der Waals surface area contributed by atoms with Crippen molar-refractivity contribution in [1.82, 2.24) is 0 Å². The van der Waals surface area contributed by atoms with E-state index in [1.54, 1.807) is 34.5 Å². The highest BCUT2D eigenvalue weighted by molar-refractivity contribution is 6.05. The number of methoxy groups -OCH3 is 4. The Balaban J connectivity index is 2.20. The average Bonchev–Trinajstić information content (AvgIpc) is 2.74. The Hall–Kier alpha value is -3.41. The Morgan fingerprint density at radius 1 is 0.714 bits per heavy atom. The Bertz CT molecular complexity index is 1230. The van der Waals surface area contributed by atoms with E-state index in [1.807, 2.05) is 41.8 Å². The fourth-order valence-electron chi connectivity index (χ4n) is 3.75. The summed E-state index contributed by atoms with van der Waals surface area (Å²) in [5.41, 5.74) is 1.66. The predicted molar refractivity (Wildman–Crippen MR) is 107 cm³/mol. The van der Waals surface area contributed by atoms with Gasteiger partial charge in [-0.2, -0.15) is 4.40 Å². The van der Waals surface area contributed by atoms with Gasteiger partial charge in [0.15, 0.2) is 40.6 Å². The third-order valence-corrected chi connectivity index (χ3v) is 5.21. The summed E-state index contributed by atoms with van der Waals surface area (Å²) in [6.07, 6.45) is 1.94. The molecule has 0 aliphatic heterocycles. The number of aryl methyl sites for hydroxylation is 1. The van der Waals surface area contributed by atoms with Crippen molar-refractivity contribution in [2.75, 3.05) is 28.4 Å². The molecule has 1 N–H and O–H groups in total. The SMILES string of the molecule is COc1cc2cc[n+]3c(C)c4cc(OC)c(OC)cc4c(O)c3c2cc1OC. The normalized spacial score (nSPS) is 11.2. The topological polar surface area (TPSA) is 61.2 Å². The molecule has 0 aliphatic rings. The number of nitrogens with zero attached hydrogens (tertiary/aromatic N) is 1. The largest absolute Gasteiger partial charge is 0.502 e. The molecule has 4 aromatic rings. The van der Waals surface area contributed by atoms with Crippen LogP contribution in [-0.4, -0.2) is 33.5 Å². The van der Waals surface area contributed by atoms with E-state index in [-0.39, 0.29) is 5.75 Å². The zero-order valence-electron chi connectivity index (χ0n) is 16.5. The smallest absolute Gasteiger partial charge is 0.261 e. The molecule has 0 fully saturated rings. The second kappa shape index (κ2) is 6.64. The molecule has 0 bridgehead atoms. The maximum Gasteiger partial charge on any atom is 0.261 e. The summed E-state index contributed by atoms with van der Waals surface area (Å²) in [5.74, 6) is 2.59. The zero-order chi connectivity index (χ0) is 20.0. The number of hydrogen-bond acceptors (Lipinski definition) is 5. The molecule has 0 radical (unpaired) electrons. The van der Waals surface area contributed by atoms with Crippen LogP contribution in [0.3, 0.4) is 0 Å². The van der Waals surface area contributed by atoms with Crippen LogP contribution in [0.2, 0.25) is 0 Å². The average molecular weight is 380 g/mol. The Morgan fingerprint density at radius 2 is 1.21 bits per heavy atom. The van der Waals surface area contributed by atoms with E-state index in [0.29, 0.717) is 33.9 Å². The molecule has 28 heavy (non-hydrogen) atoms. The van der Waals surface area contributed by atoms with Crippen LogP contribution >= 0.6 is 0 Å². The van der Waals surface area contributed by atoms with E-state index < -0.39 is 0 Å². The first-order valence-electron chi connectivity index (χ1n) is 8.81. The second-order valence-electron chi connectivity index (χ2n) is 6.52. The highest BCUT2D eigenvalue weighted by atomic mass is 16.5. The molecule has 6 nitrogen and oxygen atoms in total. The molecule has 0 unspecified atom stereocenters. The van der Waals surface area contributed by atoms with Crippen molar-refractivity contribution in [2.24, 2.45) is 0 Å². The fourth-order valence-corrected chi connectivity index (χ4v) is 3.75.